The van der Waals surface area contributed by atoms with Gasteiger partial charge in [-0.05, 0) is 47.4 Å². The Hall–Kier alpha value is -1.37. The van der Waals surface area contributed by atoms with Crippen molar-refractivity contribution in [2.45, 2.75) is 36.0 Å². The maximum absolute atomic E-state index is 12.5. The summed E-state index contributed by atoms with van der Waals surface area (Å²) in [6, 6.07) is 10.9. The van der Waals surface area contributed by atoms with Gasteiger partial charge in [-0.2, -0.15) is 0 Å². The molecule has 0 N–H and O–H groups in total. The molecule has 0 atom stereocenters. The van der Waals surface area contributed by atoms with E-state index >= 15 is 0 Å². The van der Waals surface area contributed by atoms with Gasteiger partial charge in [0.05, 0.1) is 9.79 Å². The van der Waals surface area contributed by atoms with Gasteiger partial charge in [0.2, 0.25) is 0 Å². The first-order valence-electron chi connectivity index (χ1n) is 6.82. The fraction of sp³-hybridized carbons (Fsp3) is 0.250. The van der Waals surface area contributed by atoms with E-state index in [4.69, 9.17) is 11.6 Å². The van der Waals surface area contributed by atoms with Crippen LogP contribution in [0.15, 0.2) is 58.3 Å². The smallest absolute Gasteiger partial charge is 0.207 e. The van der Waals surface area contributed by atoms with Crippen LogP contribution in [0, 0.1) is 0 Å². The van der Waals surface area contributed by atoms with E-state index in [0.29, 0.717) is 5.02 Å². The van der Waals surface area contributed by atoms with E-state index in [-0.39, 0.29) is 15.2 Å². The Bertz CT molecular complexity index is 906. The Kier molecular flexibility index (Phi) is 4.63. The van der Waals surface area contributed by atoms with Crippen molar-refractivity contribution in [1.29, 1.82) is 0 Å². The maximum atomic E-state index is 12.5. The molecule has 23 heavy (non-hydrogen) atoms. The Morgan fingerprint density at radius 3 is 1.39 bits per heavy atom. The first kappa shape index (κ1) is 18.0. The lowest BCUT2D eigenvalue weighted by Gasteiger charge is -2.19. The largest absolute Gasteiger partial charge is 0.286 e. The molecule has 0 heterocycles. The molecule has 0 radical (unpaired) electrons. The highest BCUT2D eigenvalue weighted by molar-refractivity contribution is 8.67. The third-order valence-electron chi connectivity index (χ3n) is 3.40. The molecule has 0 saturated heterocycles. The van der Waals surface area contributed by atoms with E-state index < -0.39 is 17.7 Å². The van der Waals surface area contributed by atoms with Crippen molar-refractivity contribution in [2.24, 2.45) is 0 Å². The molecular formula is C16H17ClO4S2. The van der Waals surface area contributed by atoms with Gasteiger partial charge in [0, 0.05) is 5.02 Å². The molecule has 0 aromatic heterocycles. The van der Waals surface area contributed by atoms with Crippen molar-refractivity contribution in [1.82, 2.24) is 0 Å². The van der Waals surface area contributed by atoms with Crippen molar-refractivity contribution in [3.8, 4) is 0 Å². The second kappa shape index (κ2) is 5.92. The summed E-state index contributed by atoms with van der Waals surface area (Å²) in [4.78, 5) is -0.553. The van der Waals surface area contributed by atoms with Crippen molar-refractivity contribution >= 4 is 29.3 Å². The van der Waals surface area contributed by atoms with Crippen LogP contribution in [-0.2, 0) is 23.2 Å². The molecule has 7 heteroatoms. The quantitative estimate of drug-likeness (QED) is 0.768. The minimum Gasteiger partial charge on any atom is -0.207 e. The van der Waals surface area contributed by atoms with Gasteiger partial charge in [-0.3, -0.25) is 0 Å². The molecule has 0 aliphatic carbocycles. The lowest BCUT2D eigenvalue weighted by molar-refractivity contribution is 0.581. The molecule has 0 aliphatic rings. The average Bonchev–Trinajstić information content (AvgIpc) is 2.46. The second-order valence-corrected chi connectivity index (χ2v) is 12.0. The summed E-state index contributed by atoms with van der Waals surface area (Å²) >= 11 is 5.71. The van der Waals surface area contributed by atoms with Crippen molar-refractivity contribution < 1.29 is 16.8 Å². The molecule has 0 bridgehead atoms. The zero-order valence-corrected chi connectivity index (χ0v) is 15.3. The molecule has 4 nitrogen and oxygen atoms in total. The summed E-state index contributed by atoms with van der Waals surface area (Å²) in [5.41, 5.74) is 0.762. The Morgan fingerprint density at radius 1 is 0.696 bits per heavy atom. The van der Waals surface area contributed by atoms with Crippen LogP contribution in [0.4, 0.5) is 0 Å². The average molecular weight is 373 g/mol. The van der Waals surface area contributed by atoms with Crippen LogP contribution >= 0.6 is 11.6 Å². The Labute approximate surface area is 141 Å². The number of rotatable bonds is 3. The molecule has 0 spiro atoms. The predicted octanol–water partition coefficient (Wildman–Crippen LogP) is 3.80. The van der Waals surface area contributed by atoms with E-state index in [1.807, 2.05) is 20.8 Å². The van der Waals surface area contributed by atoms with E-state index in [1.165, 1.54) is 36.4 Å². The Morgan fingerprint density at radius 2 is 1.04 bits per heavy atom. The van der Waals surface area contributed by atoms with Crippen LogP contribution in [0.2, 0.25) is 5.02 Å². The summed E-state index contributed by atoms with van der Waals surface area (Å²) in [7, 11) is -9.08. The Balaban J connectivity index is 2.51. The van der Waals surface area contributed by atoms with Gasteiger partial charge < -0.3 is 0 Å². The molecule has 124 valence electrons. The van der Waals surface area contributed by atoms with Crippen molar-refractivity contribution in [2.75, 3.05) is 0 Å². The fourth-order valence-electron chi connectivity index (χ4n) is 1.98. The van der Waals surface area contributed by atoms with Gasteiger partial charge in [0.1, 0.15) is 0 Å². The monoisotopic (exact) mass is 372 g/mol. The number of hydrogen-bond donors (Lipinski definition) is 0. The molecule has 2 rings (SSSR count). The molecule has 0 fully saturated rings. The van der Waals surface area contributed by atoms with Gasteiger partial charge >= 0.3 is 0 Å². The highest BCUT2D eigenvalue weighted by Crippen LogP contribution is 2.28. The zero-order valence-electron chi connectivity index (χ0n) is 12.9. The van der Waals surface area contributed by atoms with E-state index in [0.717, 1.165) is 5.56 Å². The standard InChI is InChI=1S/C16H17ClO4S2/c1-16(2,3)12-4-8-14(9-5-12)22(18,19)23(20,21)15-10-6-13(17)7-11-15/h4-11H,1-3H3. The first-order chi connectivity index (χ1) is 10.5. The molecule has 0 amide bonds. The third kappa shape index (κ3) is 3.44. The minimum absolute atomic E-state index is 0.155. The van der Waals surface area contributed by atoms with Crippen molar-refractivity contribution in [3.05, 3.63) is 59.1 Å². The van der Waals surface area contributed by atoms with E-state index in [2.05, 4.69) is 0 Å². The second-order valence-electron chi connectivity index (χ2n) is 6.14. The number of halogens is 1. The molecule has 0 unspecified atom stereocenters. The molecule has 2 aromatic carbocycles. The van der Waals surface area contributed by atoms with Gasteiger partial charge in [0.15, 0.2) is 0 Å². The molecular weight excluding hydrogens is 356 g/mol. The van der Waals surface area contributed by atoms with Gasteiger partial charge in [-0.25, -0.2) is 16.8 Å². The van der Waals surface area contributed by atoms with Crippen LogP contribution < -0.4 is 0 Å². The molecule has 2 aromatic rings. The summed E-state index contributed by atoms with van der Waals surface area (Å²) in [6.07, 6.45) is 0. The third-order valence-corrected chi connectivity index (χ3v) is 8.82. The van der Waals surface area contributed by atoms with Crippen LogP contribution in [0.1, 0.15) is 26.3 Å². The van der Waals surface area contributed by atoms with Crippen LogP contribution in [-0.4, -0.2) is 16.8 Å². The summed E-state index contributed by atoms with van der Waals surface area (Å²) in [6.45, 7) is 5.96. The highest BCUT2D eigenvalue weighted by Gasteiger charge is 2.33. The number of hydrogen-bond acceptors (Lipinski definition) is 4. The zero-order chi connectivity index (χ0) is 17.5. The maximum Gasteiger partial charge on any atom is 0.286 e. The lowest BCUT2D eigenvalue weighted by atomic mass is 9.87. The molecule has 0 saturated carbocycles. The lowest BCUT2D eigenvalue weighted by Crippen LogP contribution is -2.17. The summed E-state index contributed by atoms with van der Waals surface area (Å²) in [5.74, 6) is 0. The normalized spacial score (nSPS) is 13.0. The van der Waals surface area contributed by atoms with E-state index in [1.54, 1.807) is 12.1 Å². The molecule has 0 aliphatic heterocycles. The van der Waals surface area contributed by atoms with Crippen LogP contribution in [0.5, 0.6) is 0 Å². The van der Waals surface area contributed by atoms with Gasteiger partial charge in [-0.1, -0.05) is 44.5 Å². The first-order valence-corrected chi connectivity index (χ1v) is 10.7. The topological polar surface area (TPSA) is 68.3 Å². The van der Waals surface area contributed by atoms with Crippen LogP contribution in [0.25, 0.3) is 0 Å². The fourth-order valence-corrected chi connectivity index (χ4v) is 5.73. The van der Waals surface area contributed by atoms with Crippen LogP contribution in [0.3, 0.4) is 0 Å². The predicted molar refractivity (Wildman–Crippen MR) is 91.0 cm³/mol. The van der Waals surface area contributed by atoms with E-state index in [9.17, 15) is 16.8 Å². The minimum atomic E-state index is -4.54. The van der Waals surface area contributed by atoms with Crippen molar-refractivity contribution in [3.63, 3.8) is 0 Å². The summed E-state index contributed by atoms with van der Waals surface area (Å²) in [5, 5.41) is 0.330. The van der Waals surface area contributed by atoms with Gasteiger partial charge in [-0.15, -0.1) is 0 Å². The highest BCUT2D eigenvalue weighted by atomic mass is 35.5. The van der Waals surface area contributed by atoms with Gasteiger partial charge in [0.25, 0.3) is 17.7 Å². The summed E-state index contributed by atoms with van der Waals surface area (Å²) < 4.78 is 49.8. The SMILES string of the molecule is CC(C)(C)c1ccc(S(=O)(=O)S(=O)(=O)c2ccc(Cl)cc2)cc1. The number of benzene rings is 2.